The van der Waals surface area contributed by atoms with Gasteiger partial charge in [0.25, 0.3) is 0 Å². The Balaban J connectivity index is 2.02. The van der Waals surface area contributed by atoms with Gasteiger partial charge in [0, 0.05) is 16.0 Å². The second kappa shape index (κ2) is 5.19. The quantitative estimate of drug-likeness (QED) is 0.692. The second-order valence-electron chi connectivity index (χ2n) is 4.24. The molecule has 4 nitrogen and oxygen atoms in total. The third-order valence-electron chi connectivity index (χ3n) is 2.97. The van der Waals surface area contributed by atoms with Crippen molar-refractivity contribution in [2.45, 2.75) is 6.92 Å². The molecule has 1 aromatic carbocycles. The minimum atomic E-state index is 0.574. The normalized spacial score (nSPS) is 10.7. The van der Waals surface area contributed by atoms with Crippen molar-refractivity contribution in [3.05, 3.63) is 52.1 Å². The van der Waals surface area contributed by atoms with Gasteiger partial charge in [-0.25, -0.2) is 9.67 Å². The summed E-state index contributed by atoms with van der Waals surface area (Å²) in [6.07, 6.45) is 2.34. The van der Waals surface area contributed by atoms with Crippen LogP contribution < -0.4 is 0 Å². The Morgan fingerprint density at radius 3 is 2.95 bits per heavy atom. The Morgan fingerprint density at radius 1 is 1.40 bits per heavy atom. The van der Waals surface area contributed by atoms with Crippen LogP contribution in [-0.4, -0.2) is 21.1 Å². The number of carbonyl (C=O) groups excluding carboxylic acids is 1. The summed E-state index contributed by atoms with van der Waals surface area (Å²) in [5, 5.41) is 7.54. The van der Waals surface area contributed by atoms with Gasteiger partial charge < -0.3 is 0 Å². The highest BCUT2D eigenvalue weighted by Crippen LogP contribution is 2.26. The van der Waals surface area contributed by atoms with E-state index in [1.54, 1.807) is 10.9 Å². The minimum Gasteiger partial charge on any atom is -0.298 e. The number of halogens is 1. The van der Waals surface area contributed by atoms with Crippen molar-refractivity contribution in [3.63, 3.8) is 0 Å². The average Bonchev–Trinajstić information content (AvgIpc) is 3.05. The van der Waals surface area contributed by atoms with E-state index in [9.17, 15) is 4.79 Å². The summed E-state index contributed by atoms with van der Waals surface area (Å²) in [5.74, 6) is 0. The molecule has 20 heavy (non-hydrogen) atoms. The van der Waals surface area contributed by atoms with E-state index in [0.717, 1.165) is 28.4 Å². The highest BCUT2D eigenvalue weighted by molar-refractivity contribution is 7.12. The molecule has 100 valence electrons. The molecule has 2 aromatic heterocycles. The molecule has 0 bridgehead atoms. The van der Waals surface area contributed by atoms with Crippen LogP contribution in [-0.2, 0) is 0 Å². The first-order valence-electron chi connectivity index (χ1n) is 5.90. The van der Waals surface area contributed by atoms with Gasteiger partial charge in [-0.05, 0) is 19.1 Å². The molecule has 0 unspecified atom stereocenters. The van der Waals surface area contributed by atoms with Crippen LogP contribution in [0, 0.1) is 6.92 Å². The largest absolute Gasteiger partial charge is 0.298 e. The van der Waals surface area contributed by atoms with Crippen LogP contribution in [0.5, 0.6) is 0 Å². The van der Waals surface area contributed by atoms with E-state index in [0.29, 0.717) is 10.6 Å². The number of rotatable bonds is 3. The molecule has 0 saturated carbocycles. The fourth-order valence-electron chi connectivity index (χ4n) is 1.87. The van der Waals surface area contributed by atoms with Gasteiger partial charge in [0.1, 0.15) is 0 Å². The molecule has 0 aliphatic carbocycles. The number of nitrogens with zero attached hydrogens (tertiary/aromatic N) is 3. The molecule has 3 aromatic rings. The van der Waals surface area contributed by atoms with E-state index >= 15 is 0 Å². The summed E-state index contributed by atoms with van der Waals surface area (Å²) < 4.78 is 1.67. The summed E-state index contributed by atoms with van der Waals surface area (Å²) >= 11 is 7.46. The van der Waals surface area contributed by atoms with Crippen molar-refractivity contribution in [3.8, 4) is 16.4 Å². The van der Waals surface area contributed by atoms with E-state index in [2.05, 4.69) is 10.1 Å². The van der Waals surface area contributed by atoms with E-state index in [4.69, 9.17) is 11.6 Å². The predicted octanol–water partition coefficient (Wildman–Crippen LogP) is 3.77. The summed E-state index contributed by atoms with van der Waals surface area (Å²) in [5.41, 5.74) is 3.16. The minimum absolute atomic E-state index is 0.574. The Bertz CT molecular complexity index is 778. The van der Waals surface area contributed by atoms with Crippen LogP contribution >= 0.6 is 22.9 Å². The first-order valence-corrected chi connectivity index (χ1v) is 7.16. The molecule has 0 amide bonds. The maximum Gasteiger partial charge on any atom is 0.211 e. The first-order chi connectivity index (χ1) is 9.69. The van der Waals surface area contributed by atoms with Gasteiger partial charge in [-0.2, -0.15) is 5.10 Å². The van der Waals surface area contributed by atoms with Crippen molar-refractivity contribution in [2.24, 2.45) is 0 Å². The number of aromatic nitrogens is 3. The predicted molar refractivity (Wildman–Crippen MR) is 79.8 cm³/mol. The zero-order valence-electron chi connectivity index (χ0n) is 10.6. The average molecular weight is 304 g/mol. The topological polar surface area (TPSA) is 47.8 Å². The lowest BCUT2D eigenvalue weighted by molar-refractivity contribution is 0.112. The molecule has 0 aliphatic heterocycles. The van der Waals surface area contributed by atoms with Crippen molar-refractivity contribution in [2.75, 3.05) is 0 Å². The van der Waals surface area contributed by atoms with Gasteiger partial charge in [0.15, 0.2) is 6.29 Å². The molecule has 2 heterocycles. The molecular formula is C14H10ClN3OS. The number of benzene rings is 1. The van der Waals surface area contributed by atoms with Crippen LogP contribution in [0.1, 0.15) is 16.1 Å². The van der Waals surface area contributed by atoms with Gasteiger partial charge in [0.05, 0.1) is 23.1 Å². The van der Waals surface area contributed by atoms with Crippen LogP contribution in [0.3, 0.4) is 0 Å². The Hall–Kier alpha value is -1.98. The summed E-state index contributed by atoms with van der Waals surface area (Å²) in [7, 11) is 0. The van der Waals surface area contributed by atoms with Crippen LogP contribution in [0.25, 0.3) is 16.4 Å². The SMILES string of the molecule is Cc1c(C=O)cnn1-c1nc(-c2cccc(Cl)c2)cs1. The van der Waals surface area contributed by atoms with E-state index in [1.807, 2.05) is 36.6 Å². The zero-order chi connectivity index (χ0) is 14.1. The molecular weight excluding hydrogens is 294 g/mol. The molecule has 0 aliphatic rings. The monoisotopic (exact) mass is 303 g/mol. The van der Waals surface area contributed by atoms with E-state index in [-0.39, 0.29) is 0 Å². The molecule has 6 heteroatoms. The summed E-state index contributed by atoms with van der Waals surface area (Å²) in [6, 6.07) is 7.54. The summed E-state index contributed by atoms with van der Waals surface area (Å²) in [6.45, 7) is 1.84. The highest BCUT2D eigenvalue weighted by atomic mass is 35.5. The number of thiazole rings is 1. The number of hydrogen-bond donors (Lipinski definition) is 0. The highest BCUT2D eigenvalue weighted by Gasteiger charge is 2.11. The Morgan fingerprint density at radius 2 is 2.25 bits per heavy atom. The van der Waals surface area contributed by atoms with Crippen molar-refractivity contribution in [1.82, 2.24) is 14.8 Å². The van der Waals surface area contributed by atoms with Crippen molar-refractivity contribution in [1.29, 1.82) is 0 Å². The molecule has 3 rings (SSSR count). The van der Waals surface area contributed by atoms with E-state index < -0.39 is 0 Å². The van der Waals surface area contributed by atoms with Gasteiger partial charge >= 0.3 is 0 Å². The van der Waals surface area contributed by atoms with Crippen LogP contribution in [0.4, 0.5) is 0 Å². The third kappa shape index (κ3) is 2.26. The van der Waals surface area contributed by atoms with Crippen molar-refractivity contribution < 1.29 is 4.79 Å². The van der Waals surface area contributed by atoms with Gasteiger partial charge in [-0.1, -0.05) is 23.7 Å². The fourth-order valence-corrected chi connectivity index (χ4v) is 2.90. The van der Waals surface area contributed by atoms with Gasteiger partial charge in [0.2, 0.25) is 5.13 Å². The van der Waals surface area contributed by atoms with Crippen molar-refractivity contribution >= 4 is 29.2 Å². The molecule has 0 radical (unpaired) electrons. The van der Waals surface area contributed by atoms with Crippen LogP contribution in [0.15, 0.2) is 35.8 Å². The Labute approximate surface area is 124 Å². The molecule has 0 saturated heterocycles. The molecule has 0 fully saturated rings. The number of hydrogen-bond acceptors (Lipinski definition) is 4. The standard InChI is InChI=1S/C14H10ClN3OS/c1-9-11(7-19)6-16-18(9)14-17-13(8-20-14)10-3-2-4-12(15)5-10/h2-8H,1H3. The summed E-state index contributed by atoms with van der Waals surface area (Å²) in [4.78, 5) is 15.4. The second-order valence-corrected chi connectivity index (χ2v) is 5.51. The van der Waals surface area contributed by atoms with Gasteiger partial charge in [-0.15, -0.1) is 11.3 Å². The lowest BCUT2D eigenvalue weighted by atomic mass is 10.2. The maximum atomic E-state index is 10.9. The smallest absolute Gasteiger partial charge is 0.211 e. The lowest BCUT2D eigenvalue weighted by Crippen LogP contribution is -1.98. The van der Waals surface area contributed by atoms with E-state index in [1.165, 1.54) is 11.3 Å². The molecule has 0 spiro atoms. The zero-order valence-corrected chi connectivity index (χ0v) is 12.1. The number of aldehydes is 1. The lowest BCUT2D eigenvalue weighted by Gasteiger charge is -1.99. The van der Waals surface area contributed by atoms with Gasteiger partial charge in [-0.3, -0.25) is 4.79 Å². The van der Waals surface area contributed by atoms with Crippen LogP contribution in [0.2, 0.25) is 5.02 Å². The first kappa shape index (κ1) is 13.0. The third-order valence-corrected chi connectivity index (χ3v) is 4.02. The molecule has 0 N–H and O–H groups in total. The fraction of sp³-hybridized carbons (Fsp3) is 0.0714. The Kier molecular flexibility index (Phi) is 3.38. The molecule has 0 atom stereocenters. The maximum absolute atomic E-state index is 10.9. The number of carbonyl (C=O) groups is 1.